The van der Waals surface area contributed by atoms with Crippen LogP contribution in [0.4, 0.5) is 10.1 Å². The monoisotopic (exact) mass is 250 g/mol. The van der Waals surface area contributed by atoms with E-state index in [9.17, 15) is 9.18 Å². The number of benzene rings is 1. The zero-order valence-corrected chi connectivity index (χ0v) is 10.7. The molecular weight excluding hydrogens is 231 g/mol. The van der Waals surface area contributed by atoms with Crippen molar-refractivity contribution in [2.45, 2.75) is 38.6 Å². The molecule has 0 heterocycles. The maximum Gasteiger partial charge on any atom is 0.256 e. The van der Waals surface area contributed by atoms with Gasteiger partial charge in [0.1, 0.15) is 5.82 Å². The van der Waals surface area contributed by atoms with Crippen LogP contribution in [-0.4, -0.2) is 23.4 Å². The standard InChI is InChI=1S/C14H19FN2O/c1-2-17(11-5-3-4-6-11)14(18)12-8-7-10(15)9-13(12)16/h7-9,11H,2-6,16H2,1H3. The van der Waals surface area contributed by atoms with E-state index in [2.05, 4.69) is 0 Å². The summed E-state index contributed by atoms with van der Waals surface area (Å²) in [5.74, 6) is -0.491. The van der Waals surface area contributed by atoms with Gasteiger partial charge in [-0.1, -0.05) is 12.8 Å². The topological polar surface area (TPSA) is 46.3 Å². The van der Waals surface area contributed by atoms with Crippen molar-refractivity contribution in [3.8, 4) is 0 Å². The van der Waals surface area contributed by atoms with Crippen LogP contribution in [0.15, 0.2) is 18.2 Å². The second-order valence-electron chi connectivity index (χ2n) is 4.76. The Balaban J connectivity index is 2.22. The predicted octanol–water partition coefficient (Wildman–Crippen LogP) is 2.81. The van der Waals surface area contributed by atoms with Gasteiger partial charge in [-0.3, -0.25) is 4.79 Å². The van der Waals surface area contributed by atoms with Crippen LogP contribution in [0, 0.1) is 5.82 Å². The Kier molecular flexibility index (Phi) is 3.84. The highest BCUT2D eigenvalue weighted by Gasteiger charge is 2.27. The van der Waals surface area contributed by atoms with Crippen LogP contribution in [0.5, 0.6) is 0 Å². The minimum atomic E-state index is -0.409. The molecule has 0 aromatic heterocycles. The fourth-order valence-electron chi connectivity index (χ4n) is 2.67. The molecule has 0 bridgehead atoms. The molecule has 2 N–H and O–H groups in total. The first-order chi connectivity index (χ1) is 8.63. The molecule has 3 nitrogen and oxygen atoms in total. The van der Waals surface area contributed by atoms with Crippen molar-refractivity contribution in [2.24, 2.45) is 0 Å². The van der Waals surface area contributed by atoms with Gasteiger partial charge in [0.25, 0.3) is 5.91 Å². The molecule has 4 heteroatoms. The Morgan fingerprint density at radius 2 is 2.11 bits per heavy atom. The SMILES string of the molecule is CCN(C(=O)c1ccc(F)cc1N)C1CCCC1. The molecule has 0 spiro atoms. The summed E-state index contributed by atoms with van der Waals surface area (Å²) in [6.45, 7) is 2.64. The van der Waals surface area contributed by atoms with Crippen LogP contribution >= 0.6 is 0 Å². The van der Waals surface area contributed by atoms with Gasteiger partial charge in [-0.2, -0.15) is 0 Å². The molecule has 1 aliphatic rings. The van der Waals surface area contributed by atoms with Crippen LogP contribution in [0.2, 0.25) is 0 Å². The normalized spacial score (nSPS) is 15.9. The minimum absolute atomic E-state index is 0.0816. The van der Waals surface area contributed by atoms with Crippen LogP contribution in [0.3, 0.4) is 0 Å². The molecule has 0 unspecified atom stereocenters. The average molecular weight is 250 g/mol. The summed E-state index contributed by atoms with van der Waals surface area (Å²) in [6, 6.07) is 4.28. The Morgan fingerprint density at radius 1 is 1.44 bits per heavy atom. The van der Waals surface area contributed by atoms with E-state index in [0.717, 1.165) is 12.8 Å². The van der Waals surface area contributed by atoms with Gasteiger partial charge in [-0.05, 0) is 38.0 Å². The first kappa shape index (κ1) is 12.9. The summed E-state index contributed by atoms with van der Waals surface area (Å²) in [7, 11) is 0. The molecule has 1 aromatic rings. The number of hydrogen-bond acceptors (Lipinski definition) is 2. The molecule has 1 amide bonds. The number of carbonyl (C=O) groups is 1. The van der Waals surface area contributed by atoms with Crippen molar-refractivity contribution in [1.29, 1.82) is 0 Å². The fraction of sp³-hybridized carbons (Fsp3) is 0.500. The Morgan fingerprint density at radius 3 is 2.67 bits per heavy atom. The number of nitrogens with zero attached hydrogens (tertiary/aromatic N) is 1. The third kappa shape index (κ3) is 2.47. The zero-order valence-electron chi connectivity index (χ0n) is 10.7. The van der Waals surface area contributed by atoms with Crippen molar-refractivity contribution in [3.63, 3.8) is 0 Å². The second-order valence-corrected chi connectivity index (χ2v) is 4.76. The highest BCUT2D eigenvalue weighted by molar-refractivity contribution is 5.99. The van der Waals surface area contributed by atoms with Crippen LogP contribution in [0.1, 0.15) is 43.0 Å². The smallest absolute Gasteiger partial charge is 0.256 e. The van der Waals surface area contributed by atoms with Crippen molar-refractivity contribution in [3.05, 3.63) is 29.6 Å². The summed E-state index contributed by atoms with van der Waals surface area (Å²) >= 11 is 0. The molecule has 0 radical (unpaired) electrons. The first-order valence-electron chi connectivity index (χ1n) is 6.49. The summed E-state index contributed by atoms with van der Waals surface area (Å²) < 4.78 is 13.0. The van der Waals surface area contributed by atoms with E-state index >= 15 is 0 Å². The molecule has 1 aliphatic carbocycles. The lowest BCUT2D eigenvalue weighted by Gasteiger charge is -2.28. The maximum atomic E-state index is 13.0. The van der Waals surface area contributed by atoms with Gasteiger partial charge < -0.3 is 10.6 Å². The van der Waals surface area contributed by atoms with E-state index in [4.69, 9.17) is 5.73 Å². The lowest BCUT2D eigenvalue weighted by atomic mass is 10.1. The van der Waals surface area contributed by atoms with Crippen LogP contribution in [0.25, 0.3) is 0 Å². The molecule has 1 saturated carbocycles. The summed E-state index contributed by atoms with van der Waals surface area (Å²) in [5, 5.41) is 0. The number of carbonyl (C=O) groups excluding carboxylic acids is 1. The summed E-state index contributed by atoms with van der Waals surface area (Å²) in [6.07, 6.45) is 4.46. The number of rotatable bonds is 3. The van der Waals surface area contributed by atoms with E-state index in [0.29, 0.717) is 18.2 Å². The largest absolute Gasteiger partial charge is 0.398 e. The van der Waals surface area contributed by atoms with Gasteiger partial charge >= 0.3 is 0 Å². The molecule has 1 aromatic carbocycles. The number of anilines is 1. The maximum absolute atomic E-state index is 13.0. The predicted molar refractivity (Wildman–Crippen MR) is 69.8 cm³/mol. The highest BCUT2D eigenvalue weighted by Crippen LogP contribution is 2.26. The van der Waals surface area contributed by atoms with Crippen molar-refractivity contribution in [1.82, 2.24) is 4.90 Å². The molecule has 0 atom stereocenters. The van der Waals surface area contributed by atoms with E-state index in [1.54, 1.807) is 0 Å². The molecular formula is C14H19FN2O. The first-order valence-corrected chi connectivity index (χ1v) is 6.49. The van der Waals surface area contributed by atoms with Crippen molar-refractivity contribution < 1.29 is 9.18 Å². The van der Waals surface area contributed by atoms with E-state index in [1.807, 2.05) is 11.8 Å². The zero-order chi connectivity index (χ0) is 13.1. The quantitative estimate of drug-likeness (QED) is 0.838. The van der Waals surface area contributed by atoms with Crippen molar-refractivity contribution in [2.75, 3.05) is 12.3 Å². The Bertz CT molecular complexity index is 441. The molecule has 98 valence electrons. The molecule has 2 rings (SSSR count). The number of nitrogens with two attached hydrogens (primary N) is 1. The van der Waals surface area contributed by atoms with Gasteiger partial charge in [0.05, 0.1) is 5.56 Å². The Hall–Kier alpha value is -1.58. The van der Waals surface area contributed by atoms with Gasteiger partial charge in [0.2, 0.25) is 0 Å². The van der Waals surface area contributed by atoms with Crippen molar-refractivity contribution >= 4 is 11.6 Å². The molecule has 1 fully saturated rings. The van der Waals surface area contributed by atoms with E-state index < -0.39 is 5.82 Å². The van der Waals surface area contributed by atoms with E-state index in [-0.39, 0.29) is 11.6 Å². The van der Waals surface area contributed by atoms with Gasteiger partial charge in [0, 0.05) is 18.3 Å². The number of halogens is 1. The highest BCUT2D eigenvalue weighted by atomic mass is 19.1. The van der Waals surface area contributed by atoms with Crippen LogP contribution in [-0.2, 0) is 0 Å². The second kappa shape index (κ2) is 5.38. The number of amides is 1. The van der Waals surface area contributed by atoms with Crippen LogP contribution < -0.4 is 5.73 Å². The average Bonchev–Trinajstić information content (AvgIpc) is 2.83. The minimum Gasteiger partial charge on any atom is -0.398 e. The lowest BCUT2D eigenvalue weighted by Crippen LogP contribution is -2.38. The van der Waals surface area contributed by atoms with Gasteiger partial charge in [0.15, 0.2) is 0 Å². The third-order valence-corrected chi connectivity index (χ3v) is 3.61. The lowest BCUT2D eigenvalue weighted by molar-refractivity contribution is 0.0694. The fourth-order valence-corrected chi connectivity index (χ4v) is 2.67. The third-order valence-electron chi connectivity index (χ3n) is 3.61. The molecule has 18 heavy (non-hydrogen) atoms. The Labute approximate surface area is 107 Å². The molecule has 0 saturated heterocycles. The van der Waals surface area contributed by atoms with E-state index in [1.165, 1.54) is 31.0 Å². The van der Waals surface area contributed by atoms with Gasteiger partial charge in [-0.25, -0.2) is 4.39 Å². The summed E-state index contributed by atoms with van der Waals surface area (Å²) in [4.78, 5) is 14.3. The van der Waals surface area contributed by atoms with Gasteiger partial charge in [-0.15, -0.1) is 0 Å². The molecule has 0 aliphatic heterocycles. The summed E-state index contributed by atoms with van der Waals surface area (Å²) in [5.41, 5.74) is 6.35. The number of hydrogen-bond donors (Lipinski definition) is 1. The number of nitrogen functional groups attached to an aromatic ring is 1.